The molecule has 4 heterocycles. The number of aryl methyl sites for hydroxylation is 1. The number of nitrogens with one attached hydrogen (secondary N) is 1. The Morgan fingerprint density at radius 1 is 0.921 bits per heavy atom. The second-order valence-electron chi connectivity index (χ2n) is 8.89. The van der Waals surface area contributed by atoms with Crippen molar-refractivity contribution in [2.24, 2.45) is 4.99 Å². The minimum atomic E-state index is -4.44. The lowest BCUT2D eigenvalue weighted by Gasteiger charge is -2.15. The smallest absolute Gasteiger partial charge is 0.340 e. The summed E-state index contributed by atoms with van der Waals surface area (Å²) in [5, 5.41) is 3.73. The van der Waals surface area contributed by atoms with Crippen LogP contribution in [-0.4, -0.2) is 31.1 Å². The molecule has 0 fully saturated rings. The molecular formula is C28H20F3N7. The monoisotopic (exact) mass is 511 g/mol. The van der Waals surface area contributed by atoms with Gasteiger partial charge in [-0.05, 0) is 54.4 Å². The number of fused-ring (bicyclic) bond motifs is 2. The zero-order chi connectivity index (χ0) is 26.3. The Morgan fingerprint density at radius 3 is 2.66 bits per heavy atom. The van der Waals surface area contributed by atoms with Gasteiger partial charge in [-0.2, -0.15) is 13.2 Å². The van der Waals surface area contributed by atoms with Crippen LogP contribution in [0.15, 0.2) is 72.4 Å². The van der Waals surface area contributed by atoms with Gasteiger partial charge in [0, 0.05) is 41.9 Å². The van der Waals surface area contributed by atoms with E-state index < -0.39 is 11.7 Å². The topological polar surface area (TPSA) is 88.8 Å². The van der Waals surface area contributed by atoms with E-state index in [2.05, 4.69) is 35.2 Å². The van der Waals surface area contributed by atoms with Crippen molar-refractivity contribution in [3.05, 3.63) is 95.5 Å². The van der Waals surface area contributed by atoms with E-state index in [1.165, 1.54) is 12.4 Å². The summed E-state index contributed by atoms with van der Waals surface area (Å²) in [6.45, 7) is 1.99. The molecule has 0 unspecified atom stereocenters. The molecule has 3 aromatic heterocycles. The molecule has 0 amide bonds. The molecule has 6 rings (SSSR count). The molecule has 2 aromatic carbocycles. The van der Waals surface area contributed by atoms with Crippen molar-refractivity contribution in [1.29, 1.82) is 0 Å². The van der Waals surface area contributed by atoms with E-state index in [4.69, 9.17) is 0 Å². The van der Waals surface area contributed by atoms with E-state index in [0.717, 1.165) is 51.6 Å². The maximum Gasteiger partial charge on any atom is 0.416 e. The zero-order valence-electron chi connectivity index (χ0n) is 20.2. The van der Waals surface area contributed by atoms with Gasteiger partial charge in [0.25, 0.3) is 0 Å². The van der Waals surface area contributed by atoms with E-state index in [1.54, 1.807) is 18.6 Å². The number of aromatic nitrogens is 5. The van der Waals surface area contributed by atoms with Gasteiger partial charge in [0.2, 0.25) is 0 Å². The van der Waals surface area contributed by atoms with Gasteiger partial charge in [0.1, 0.15) is 29.9 Å². The van der Waals surface area contributed by atoms with Crippen molar-refractivity contribution < 1.29 is 13.2 Å². The first-order valence-electron chi connectivity index (χ1n) is 11.9. The predicted octanol–water partition coefficient (Wildman–Crippen LogP) is 6.40. The van der Waals surface area contributed by atoms with Gasteiger partial charge >= 0.3 is 6.18 Å². The minimum Gasteiger partial charge on any atom is -0.340 e. The third kappa shape index (κ3) is 4.34. The van der Waals surface area contributed by atoms with Crippen LogP contribution in [-0.2, 0) is 19.0 Å². The lowest BCUT2D eigenvalue weighted by molar-refractivity contribution is -0.137. The Morgan fingerprint density at radius 2 is 1.79 bits per heavy atom. The van der Waals surface area contributed by atoms with Crippen LogP contribution in [0.5, 0.6) is 0 Å². The summed E-state index contributed by atoms with van der Waals surface area (Å²) >= 11 is 0. The van der Waals surface area contributed by atoms with Gasteiger partial charge in [-0.25, -0.2) is 19.9 Å². The third-order valence-electron chi connectivity index (χ3n) is 6.49. The number of hydrogen-bond acceptors (Lipinski definition) is 7. The molecule has 0 spiro atoms. The van der Waals surface area contributed by atoms with E-state index >= 15 is 0 Å². The highest BCUT2D eigenvalue weighted by atomic mass is 19.4. The van der Waals surface area contributed by atoms with Gasteiger partial charge in [-0.15, -0.1) is 0 Å². The standard InChI is InChI=1S/C28H20F3N7/c1-16-7-8-20-24(35-15-37-27(20)38-18-5-2-4-17(12-18)28(29,30)31)21(16)13-23-19(6-3-10-32-23)25-26-22(9-11-33-26)34-14-36-25/h2-8,10-12,14-15H,9,13H2,1H3,(H,35,37,38). The van der Waals surface area contributed by atoms with E-state index in [-0.39, 0.29) is 5.69 Å². The fraction of sp³-hybridized carbons (Fsp3) is 0.143. The molecule has 38 heavy (non-hydrogen) atoms. The highest BCUT2D eigenvalue weighted by Gasteiger charge is 2.30. The summed E-state index contributed by atoms with van der Waals surface area (Å²) in [6.07, 6.45) is 3.20. The van der Waals surface area contributed by atoms with Crippen molar-refractivity contribution in [3.8, 4) is 11.3 Å². The lowest BCUT2D eigenvalue weighted by atomic mass is 9.96. The first kappa shape index (κ1) is 23.7. The van der Waals surface area contributed by atoms with Crippen LogP contribution >= 0.6 is 0 Å². The number of hydrogen-bond donors (Lipinski definition) is 1. The van der Waals surface area contributed by atoms with Crippen molar-refractivity contribution in [1.82, 2.24) is 24.9 Å². The van der Waals surface area contributed by atoms with E-state index in [0.29, 0.717) is 29.6 Å². The summed E-state index contributed by atoms with van der Waals surface area (Å²) in [7, 11) is 0. The fourth-order valence-electron chi connectivity index (χ4n) is 4.61. The van der Waals surface area contributed by atoms with Crippen molar-refractivity contribution in [2.45, 2.75) is 25.9 Å². The van der Waals surface area contributed by atoms with Crippen LogP contribution in [0.1, 0.15) is 28.1 Å². The number of aliphatic imine (C=N–C) groups is 1. The van der Waals surface area contributed by atoms with Crippen LogP contribution < -0.4 is 5.32 Å². The molecule has 0 aliphatic carbocycles. The first-order chi connectivity index (χ1) is 18.4. The number of rotatable bonds is 5. The molecule has 7 nitrogen and oxygen atoms in total. The zero-order valence-corrected chi connectivity index (χ0v) is 20.2. The maximum absolute atomic E-state index is 13.2. The van der Waals surface area contributed by atoms with Crippen molar-refractivity contribution in [3.63, 3.8) is 0 Å². The van der Waals surface area contributed by atoms with Crippen LogP contribution in [0.2, 0.25) is 0 Å². The SMILES string of the molecule is Cc1ccc2c(Nc3cccc(C(F)(F)F)c3)ncnc2c1Cc1ncccc1-c1ncnc2c1N=CC2. The summed E-state index contributed by atoms with van der Waals surface area (Å²) in [5.74, 6) is 0.416. The predicted molar refractivity (Wildman–Crippen MR) is 139 cm³/mol. The van der Waals surface area contributed by atoms with Crippen molar-refractivity contribution >= 4 is 34.3 Å². The molecular weight excluding hydrogens is 491 g/mol. The normalized spacial score (nSPS) is 12.6. The van der Waals surface area contributed by atoms with Crippen LogP contribution in [0.3, 0.4) is 0 Å². The fourth-order valence-corrected chi connectivity index (χ4v) is 4.61. The first-order valence-corrected chi connectivity index (χ1v) is 11.9. The van der Waals surface area contributed by atoms with Crippen LogP contribution in [0.25, 0.3) is 22.2 Å². The number of halogens is 3. The minimum absolute atomic E-state index is 0.284. The molecule has 0 saturated heterocycles. The Labute approximate surface area is 215 Å². The molecule has 0 atom stereocenters. The summed E-state index contributed by atoms with van der Waals surface area (Å²) in [5.41, 5.74) is 6.21. The second-order valence-corrected chi connectivity index (χ2v) is 8.89. The molecule has 1 N–H and O–H groups in total. The average molecular weight is 512 g/mol. The number of benzene rings is 2. The maximum atomic E-state index is 13.2. The molecule has 5 aromatic rings. The third-order valence-corrected chi connectivity index (χ3v) is 6.49. The van der Waals surface area contributed by atoms with Gasteiger partial charge in [0.05, 0.1) is 22.5 Å². The molecule has 10 heteroatoms. The van der Waals surface area contributed by atoms with Gasteiger partial charge in [-0.3, -0.25) is 9.98 Å². The number of alkyl halides is 3. The highest BCUT2D eigenvalue weighted by Crippen LogP contribution is 2.36. The number of pyridine rings is 1. The largest absolute Gasteiger partial charge is 0.416 e. The quantitative estimate of drug-likeness (QED) is 0.294. The molecule has 0 saturated carbocycles. The average Bonchev–Trinajstić information content (AvgIpc) is 3.40. The number of anilines is 2. The highest BCUT2D eigenvalue weighted by molar-refractivity contribution is 5.93. The lowest BCUT2D eigenvalue weighted by Crippen LogP contribution is -2.06. The Balaban J connectivity index is 1.41. The summed E-state index contributed by atoms with van der Waals surface area (Å²) in [4.78, 5) is 26.9. The van der Waals surface area contributed by atoms with E-state index in [1.807, 2.05) is 37.4 Å². The molecule has 1 aliphatic rings. The van der Waals surface area contributed by atoms with Gasteiger partial charge < -0.3 is 5.32 Å². The van der Waals surface area contributed by atoms with Crippen LogP contribution in [0, 0.1) is 6.92 Å². The Hall–Kier alpha value is -4.73. The number of nitrogens with zero attached hydrogens (tertiary/aromatic N) is 6. The molecule has 1 aliphatic heterocycles. The summed E-state index contributed by atoms with van der Waals surface area (Å²) < 4.78 is 39.7. The summed E-state index contributed by atoms with van der Waals surface area (Å²) in [6, 6.07) is 12.7. The van der Waals surface area contributed by atoms with Gasteiger partial charge in [0.15, 0.2) is 0 Å². The Kier molecular flexibility index (Phi) is 5.79. The Bertz CT molecular complexity index is 1710. The molecule has 188 valence electrons. The molecule has 0 radical (unpaired) electrons. The van der Waals surface area contributed by atoms with Crippen molar-refractivity contribution in [2.75, 3.05) is 5.32 Å². The van der Waals surface area contributed by atoms with Crippen LogP contribution in [0.4, 0.5) is 30.4 Å². The van der Waals surface area contributed by atoms with Gasteiger partial charge in [-0.1, -0.05) is 12.1 Å². The second kappa shape index (κ2) is 9.29. The molecule has 0 bridgehead atoms. The van der Waals surface area contributed by atoms with E-state index in [9.17, 15) is 13.2 Å².